The van der Waals surface area contributed by atoms with Gasteiger partial charge in [-0.15, -0.1) is 11.3 Å². The predicted octanol–water partition coefficient (Wildman–Crippen LogP) is 1.17. The number of anilines is 1. The Bertz CT molecular complexity index is 369. The van der Waals surface area contributed by atoms with Crippen LogP contribution in [0.1, 0.15) is 9.67 Å². The molecule has 0 aromatic carbocycles. The van der Waals surface area contributed by atoms with Crippen molar-refractivity contribution >= 4 is 23.0 Å². The maximum absolute atomic E-state index is 11.5. The Morgan fingerprint density at radius 3 is 2.37 bits per heavy atom. The Morgan fingerprint density at radius 1 is 1.16 bits per heavy atom. The van der Waals surface area contributed by atoms with Crippen LogP contribution in [-0.4, -0.2) is 52.7 Å². The van der Waals surface area contributed by atoms with Gasteiger partial charge in [-0.1, -0.05) is 0 Å². The van der Waals surface area contributed by atoms with E-state index in [1.165, 1.54) is 11.3 Å². The van der Waals surface area contributed by atoms with Gasteiger partial charge in [0.15, 0.2) is 0 Å². The number of esters is 1. The van der Waals surface area contributed by atoms with Crippen LogP contribution in [0.15, 0.2) is 11.4 Å². The molecule has 1 aromatic heterocycles. The van der Waals surface area contributed by atoms with Crippen molar-refractivity contribution in [3.63, 3.8) is 0 Å². The van der Waals surface area contributed by atoms with Crippen molar-refractivity contribution in [3.05, 3.63) is 16.3 Å². The van der Waals surface area contributed by atoms with Crippen molar-refractivity contribution in [1.82, 2.24) is 0 Å². The zero-order valence-electron chi connectivity index (χ0n) is 10.9. The lowest BCUT2D eigenvalue weighted by Crippen LogP contribution is -2.13. The summed E-state index contributed by atoms with van der Waals surface area (Å²) in [6.45, 7) is 2.61. The molecule has 0 fully saturated rings. The largest absolute Gasteiger partial charge is 0.459 e. The van der Waals surface area contributed by atoms with Gasteiger partial charge >= 0.3 is 5.97 Å². The molecule has 7 heteroatoms. The number of rotatable bonds is 10. The third-order valence-electron chi connectivity index (χ3n) is 2.15. The number of methoxy groups -OCH3 is 1. The molecular weight excluding hydrogens is 270 g/mol. The maximum Gasteiger partial charge on any atom is 0.350 e. The number of nitrogens with two attached hydrogens (primary N) is 1. The standard InChI is InChI=1S/C12H19NO5S/c1-15-3-4-16-5-6-17-7-8-18-12(14)11-10(13)2-9-19-11/h2,9H,3-8,13H2,1H3. The summed E-state index contributed by atoms with van der Waals surface area (Å²) in [5, 5.41) is 1.75. The van der Waals surface area contributed by atoms with Gasteiger partial charge in [0.2, 0.25) is 0 Å². The fraction of sp³-hybridized carbons (Fsp3) is 0.583. The number of ether oxygens (including phenoxy) is 4. The third-order valence-corrected chi connectivity index (χ3v) is 3.06. The summed E-state index contributed by atoms with van der Waals surface area (Å²) in [5.41, 5.74) is 6.05. The predicted molar refractivity (Wildman–Crippen MR) is 72.5 cm³/mol. The number of thiophene rings is 1. The number of hydrogen-bond acceptors (Lipinski definition) is 7. The Labute approximate surface area is 116 Å². The smallest absolute Gasteiger partial charge is 0.350 e. The topological polar surface area (TPSA) is 80.0 Å². The molecule has 0 aliphatic heterocycles. The van der Waals surface area contributed by atoms with Gasteiger partial charge in [-0.05, 0) is 11.4 Å². The Balaban J connectivity index is 1.96. The highest BCUT2D eigenvalue weighted by Gasteiger charge is 2.11. The molecule has 0 aliphatic rings. The molecule has 0 spiro atoms. The Kier molecular flexibility index (Phi) is 8.15. The molecular formula is C12H19NO5S. The molecule has 0 saturated carbocycles. The first kappa shape index (κ1) is 15.9. The van der Waals surface area contributed by atoms with E-state index in [0.29, 0.717) is 43.6 Å². The highest BCUT2D eigenvalue weighted by atomic mass is 32.1. The maximum atomic E-state index is 11.5. The highest BCUT2D eigenvalue weighted by molar-refractivity contribution is 7.12. The normalized spacial score (nSPS) is 10.6. The molecule has 0 amide bonds. The lowest BCUT2D eigenvalue weighted by Gasteiger charge is -2.06. The minimum Gasteiger partial charge on any atom is -0.459 e. The number of hydrogen-bond donors (Lipinski definition) is 1. The van der Waals surface area contributed by atoms with Gasteiger partial charge in [0.25, 0.3) is 0 Å². The van der Waals surface area contributed by atoms with Gasteiger partial charge in [0.1, 0.15) is 11.5 Å². The van der Waals surface area contributed by atoms with Gasteiger partial charge in [-0.25, -0.2) is 4.79 Å². The van der Waals surface area contributed by atoms with Gasteiger partial charge in [-0.2, -0.15) is 0 Å². The summed E-state index contributed by atoms with van der Waals surface area (Å²) < 4.78 is 20.3. The first-order valence-corrected chi connectivity index (χ1v) is 6.78. The second-order valence-corrected chi connectivity index (χ2v) is 4.47. The summed E-state index contributed by atoms with van der Waals surface area (Å²) in [7, 11) is 1.62. The molecule has 0 radical (unpaired) electrons. The molecule has 0 aliphatic carbocycles. The first-order valence-electron chi connectivity index (χ1n) is 5.90. The monoisotopic (exact) mass is 289 g/mol. The number of nitrogen functional groups attached to an aromatic ring is 1. The van der Waals surface area contributed by atoms with Crippen molar-refractivity contribution in [3.8, 4) is 0 Å². The van der Waals surface area contributed by atoms with Crippen LogP contribution >= 0.6 is 11.3 Å². The van der Waals surface area contributed by atoms with Crippen molar-refractivity contribution in [2.75, 3.05) is 52.5 Å². The van der Waals surface area contributed by atoms with Crippen LogP contribution in [0.2, 0.25) is 0 Å². The second kappa shape index (κ2) is 9.74. The highest BCUT2D eigenvalue weighted by Crippen LogP contribution is 2.19. The van der Waals surface area contributed by atoms with Crippen molar-refractivity contribution < 1.29 is 23.7 Å². The summed E-state index contributed by atoms with van der Waals surface area (Å²) >= 11 is 1.26. The Hall–Kier alpha value is -1.15. The fourth-order valence-electron chi connectivity index (χ4n) is 1.21. The molecule has 2 N–H and O–H groups in total. The lowest BCUT2D eigenvalue weighted by atomic mass is 10.4. The number of carbonyl (C=O) groups excluding carboxylic acids is 1. The summed E-state index contributed by atoms with van der Waals surface area (Å²) in [6, 6.07) is 1.68. The summed E-state index contributed by atoms with van der Waals surface area (Å²) in [6.07, 6.45) is 0. The second-order valence-electron chi connectivity index (χ2n) is 3.56. The zero-order chi connectivity index (χ0) is 13.9. The van der Waals surface area contributed by atoms with Crippen molar-refractivity contribution in [2.45, 2.75) is 0 Å². The molecule has 0 saturated heterocycles. The van der Waals surface area contributed by atoms with E-state index in [1.807, 2.05) is 0 Å². The van der Waals surface area contributed by atoms with E-state index in [-0.39, 0.29) is 6.61 Å². The van der Waals surface area contributed by atoms with Crippen LogP contribution in [0, 0.1) is 0 Å². The van der Waals surface area contributed by atoms with E-state index >= 15 is 0 Å². The molecule has 108 valence electrons. The summed E-state index contributed by atoms with van der Waals surface area (Å²) in [4.78, 5) is 12.0. The van der Waals surface area contributed by atoms with Crippen molar-refractivity contribution in [1.29, 1.82) is 0 Å². The van der Waals surface area contributed by atoms with Gasteiger partial charge in [0, 0.05) is 7.11 Å². The molecule has 0 unspecified atom stereocenters. The Morgan fingerprint density at radius 2 is 1.79 bits per heavy atom. The molecule has 6 nitrogen and oxygen atoms in total. The fourth-order valence-corrected chi connectivity index (χ4v) is 1.92. The van der Waals surface area contributed by atoms with E-state index in [2.05, 4.69) is 0 Å². The first-order chi connectivity index (χ1) is 9.25. The van der Waals surface area contributed by atoms with Crippen LogP contribution in [0.25, 0.3) is 0 Å². The van der Waals surface area contributed by atoms with E-state index in [1.54, 1.807) is 18.6 Å². The number of carbonyl (C=O) groups is 1. The quantitative estimate of drug-likeness (QED) is 0.514. The van der Waals surface area contributed by atoms with Crippen LogP contribution in [0.3, 0.4) is 0 Å². The molecule has 1 rings (SSSR count). The van der Waals surface area contributed by atoms with E-state index in [4.69, 9.17) is 24.7 Å². The molecule has 19 heavy (non-hydrogen) atoms. The van der Waals surface area contributed by atoms with Gasteiger partial charge < -0.3 is 24.7 Å². The average Bonchev–Trinajstić information content (AvgIpc) is 2.83. The minimum atomic E-state index is -0.410. The lowest BCUT2D eigenvalue weighted by molar-refractivity contribution is 0.00591. The van der Waals surface area contributed by atoms with Crippen LogP contribution in [0.4, 0.5) is 5.69 Å². The SMILES string of the molecule is COCCOCCOCCOC(=O)c1sccc1N. The average molecular weight is 289 g/mol. The van der Waals surface area contributed by atoms with Gasteiger partial charge in [0.05, 0.1) is 38.7 Å². The van der Waals surface area contributed by atoms with Crippen LogP contribution in [-0.2, 0) is 18.9 Å². The van der Waals surface area contributed by atoms with Crippen molar-refractivity contribution in [2.24, 2.45) is 0 Å². The van der Waals surface area contributed by atoms with E-state index in [9.17, 15) is 4.79 Å². The molecule has 0 bridgehead atoms. The van der Waals surface area contributed by atoms with Crippen LogP contribution < -0.4 is 5.73 Å². The molecule has 1 heterocycles. The third kappa shape index (κ3) is 6.53. The summed E-state index contributed by atoms with van der Waals surface area (Å²) in [5.74, 6) is -0.410. The minimum absolute atomic E-state index is 0.203. The van der Waals surface area contributed by atoms with Crippen LogP contribution in [0.5, 0.6) is 0 Å². The van der Waals surface area contributed by atoms with E-state index < -0.39 is 5.97 Å². The molecule has 1 aromatic rings. The van der Waals surface area contributed by atoms with E-state index in [0.717, 1.165) is 0 Å². The van der Waals surface area contributed by atoms with Gasteiger partial charge in [-0.3, -0.25) is 0 Å². The molecule has 0 atom stereocenters. The zero-order valence-corrected chi connectivity index (χ0v) is 11.7.